The molecule has 1 aromatic rings. The number of hydrogen-bond acceptors (Lipinski definition) is 4. The molecule has 1 atom stereocenters. The fraction of sp³-hybridized carbons (Fsp3) is 0.538. The second-order valence-corrected chi connectivity index (χ2v) is 7.09. The van der Waals surface area contributed by atoms with Gasteiger partial charge in [0, 0.05) is 6.04 Å². The van der Waals surface area contributed by atoms with Crippen molar-refractivity contribution in [2.24, 2.45) is 0 Å². The van der Waals surface area contributed by atoms with Crippen LogP contribution in [0.1, 0.15) is 24.4 Å². The van der Waals surface area contributed by atoms with Gasteiger partial charge in [0.05, 0.1) is 18.1 Å². The van der Waals surface area contributed by atoms with E-state index in [2.05, 4.69) is 5.32 Å². The highest BCUT2D eigenvalue weighted by molar-refractivity contribution is 7.92. The molecule has 2 aliphatic rings. The van der Waals surface area contributed by atoms with E-state index >= 15 is 0 Å². The lowest BCUT2D eigenvalue weighted by molar-refractivity contribution is 0.0415. The monoisotopic (exact) mass is 267 g/mol. The van der Waals surface area contributed by atoms with E-state index in [1.54, 1.807) is 12.1 Å². The van der Waals surface area contributed by atoms with E-state index in [0.29, 0.717) is 18.1 Å². The Bertz CT molecular complexity index is 531. The second kappa shape index (κ2) is 4.64. The molecule has 0 spiro atoms. The molecule has 3 rings (SSSR count). The number of rotatable bonds is 3. The first-order valence-electron chi connectivity index (χ1n) is 6.33. The van der Waals surface area contributed by atoms with Crippen LogP contribution in [0, 0.1) is 0 Å². The molecule has 2 aliphatic heterocycles. The lowest BCUT2D eigenvalue weighted by Crippen LogP contribution is -2.41. The van der Waals surface area contributed by atoms with E-state index < -0.39 is 9.84 Å². The first-order chi connectivity index (χ1) is 8.69. The maximum Gasteiger partial charge on any atom is 0.186 e. The summed E-state index contributed by atoms with van der Waals surface area (Å²) in [5.74, 6) is 0. The third kappa shape index (κ3) is 1.96. The maximum absolute atomic E-state index is 12.5. The Labute approximate surface area is 107 Å². The summed E-state index contributed by atoms with van der Waals surface area (Å²) >= 11 is 0. The van der Waals surface area contributed by atoms with Crippen LogP contribution in [0.5, 0.6) is 0 Å². The van der Waals surface area contributed by atoms with Crippen molar-refractivity contribution in [2.45, 2.75) is 29.0 Å². The van der Waals surface area contributed by atoms with Gasteiger partial charge in [-0.25, -0.2) is 8.42 Å². The number of benzene rings is 1. The van der Waals surface area contributed by atoms with Crippen molar-refractivity contribution in [3.8, 4) is 0 Å². The molecule has 1 N–H and O–H groups in total. The number of sulfone groups is 1. The van der Waals surface area contributed by atoms with Gasteiger partial charge in [0.25, 0.3) is 0 Å². The molecule has 2 heterocycles. The lowest BCUT2D eigenvalue weighted by Gasteiger charge is -2.27. The second-order valence-electron chi connectivity index (χ2n) is 4.89. The number of nitrogens with one attached hydrogen (secondary N) is 1. The van der Waals surface area contributed by atoms with E-state index in [9.17, 15) is 8.42 Å². The average molecular weight is 267 g/mol. The SMILES string of the molecule is O=S(=O)(c1ccccc1C1CCCN1)C1COC1. The molecule has 0 aliphatic carbocycles. The van der Waals surface area contributed by atoms with Gasteiger partial charge in [-0.15, -0.1) is 0 Å². The van der Waals surface area contributed by atoms with Crippen LogP contribution in [0.3, 0.4) is 0 Å². The van der Waals surface area contributed by atoms with Gasteiger partial charge in [-0.1, -0.05) is 18.2 Å². The van der Waals surface area contributed by atoms with Crippen molar-refractivity contribution >= 4 is 9.84 Å². The summed E-state index contributed by atoms with van der Waals surface area (Å²) in [6.07, 6.45) is 2.11. The zero-order valence-electron chi connectivity index (χ0n) is 10.1. The van der Waals surface area contributed by atoms with Crippen molar-refractivity contribution in [1.82, 2.24) is 5.32 Å². The Morgan fingerprint density at radius 3 is 2.61 bits per heavy atom. The Morgan fingerprint density at radius 2 is 2.00 bits per heavy atom. The number of hydrogen-bond donors (Lipinski definition) is 1. The predicted molar refractivity (Wildman–Crippen MR) is 68.2 cm³/mol. The largest absolute Gasteiger partial charge is 0.379 e. The van der Waals surface area contributed by atoms with Crippen molar-refractivity contribution in [3.05, 3.63) is 29.8 Å². The van der Waals surface area contributed by atoms with E-state index in [0.717, 1.165) is 24.9 Å². The minimum absolute atomic E-state index is 0.178. The molecular weight excluding hydrogens is 250 g/mol. The first kappa shape index (κ1) is 12.1. The summed E-state index contributed by atoms with van der Waals surface area (Å²) in [6.45, 7) is 1.62. The highest BCUT2D eigenvalue weighted by Gasteiger charge is 2.36. The minimum atomic E-state index is -3.24. The molecule has 0 amide bonds. The first-order valence-corrected chi connectivity index (χ1v) is 7.88. The highest BCUT2D eigenvalue weighted by Crippen LogP contribution is 2.31. The minimum Gasteiger partial charge on any atom is -0.379 e. The number of ether oxygens (including phenoxy) is 1. The molecule has 0 aromatic heterocycles. The molecule has 2 saturated heterocycles. The van der Waals surface area contributed by atoms with Crippen molar-refractivity contribution in [1.29, 1.82) is 0 Å². The van der Waals surface area contributed by atoms with E-state index in [-0.39, 0.29) is 11.3 Å². The molecule has 18 heavy (non-hydrogen) atoms. The third-order valence-corrected chi connectivity index (χ3v) is 5.84. The van der Waals surface area contributed by atoms with Crippen LogP contribution >= 0.6 is 0 Å². The summed E-state index contributed by atoms with van der Waals surface area (Å²) < 4.78 is 30.0. The summed E-state index contributed by atoms with van der Waals surface area (Å²) in [7, 11) is -3.24. The molecule has 98 valence electrons. The van der Waals surface area contributed by atoms with Crippen LogP contribution in [0.25, 0.3) is 0 Å². The van der Waals surface area contributed by atoms with E-state index in [4.69, 9.17) is 4.74 Å². The topological polar surface area (TPSA) is 55.4 Å². The average Bonchev–Trinajstić information content (AvgIpc) is 2.79. The smallest absolute Gasteiger partial charge is 0.186 e. The molecule has 1 aromatic carbocycles. The Hall–Kier alpha value is -0.910. The van der Waals surface area contributed by atoms with Gasteiger partial charge in [0.2, 0.25) is 0 Å². The van der Waals surface area contributed by atoms with E-state index in [1.165, 1.54) is 0 Å². The lowest BCUT2D eigenvalue weighted by atomic mass is 10.1. The molecule has 0 saturated carbocycles. The Morgan fingerprint density at radius 1 is 1.22 bits per heavy atom. The van der Waals surface area contributed by atoms with Gasteiger partial charge in [-0.3, -0.25) is 0 Å². The highest BCUT2D eigenvalue weighted by atomic mass is 32.2. The van der Waals surface area contributed by atoms with Gasteiger partial charge in [0.1, 0.15) is 5.25 Å². The molecule has 1 unspecified atom stereocenters. The maximum atomic E-state index is 12.5. The van der Waals surface area contributed by atoms with Gasteiger partial charge >= 0.3 is 0 Å². The molecule has 5 heteroatoms. The van der Waals surface area contributed by atoms with Crippen LogP contribution in [0.2, 0.25) is 0 Å². The van der Waals surface area contributed by atoms with Crippen LogP contribution in [-0.4, -0.2) is 33.4 Å². The van der Waals surface area contributed by atoms with Gasteiger partial charge in [0.15, 0.2) is 9.84 Å². The molecule has 2 fully saturated rings. The zero-order valence-corrected chi connectivity index (χ0v) is 10.9. The summed E-state index contributed by atoms with van der Waals surface area (Å²) in [4.78, 5) is 0.484. The van der Waals surface area contributed by atoms with Crippen LogP contribution in [-0.2, 0) is 14.6 Å². The molecule has 4 nitrogen and oxygen atoms in total. The quantitative estimate of drug-likeness (QED) is 0.896. The van der Waals surface area contributed by atoms with Gasteiger partial charge in [-0.2, -0.15) is 0 Å². The fourth-order valence-electron chi connectivity index (χ4n) is 2.55. The summed E-state index contributed by atoms with van der Waals surface area (Å²) in [5, 5.41) is 3.00. The summed E-state index contributed by atoms with van der Waals surface area (Å²) in [6, 6.07) is 7.53. The van der Waals surface area contributed by atoms with Crippen molar-refractivity contribution in [2.75, 3.05) is 19.8 Å². The van der Waals surface area contributed by atoms with Crippen LogP contribution in [0.15, 0.2) is 29.2 Å². The Kier molecular flexibility index (Phi) is 3.13. The van der Waals surface area contributed by atoms with Crippen LogP contribution in [0.4, 0.5) is 0 Å². The summed E-state index contributed by atoms with van der Waals surface area (Å²) in [5.41, 5.74) is 0.918. The fourth-order valence-corrected chi connectivity index (χ4v) is 4.27. The predicted octanol–water partition coefficient (Wildman–Crippen LogP) is 1.28. The molecular formula is C13H17NO3S. The third-order valence-electron chi connectivity index (χ3n) is 3.71. The van der Waals surface area contributed by atoms with Crippen LogP contribution < -0.4 is 5.32 Å². The van der Waals surface area contributed by atoms with Crippen molar-refractivity contribution < 1.29 is 13.2 Å². The standard InChI is InChI=1S/C13H17NO3S/c15-18(16,10-8-17-9-10)13-6-2-1-4-11(13)12-5-3-7-14-12/h1-2,4,6,10,12,14H,3,5,7-9H2. The van der Waals surface area contributed by atoms with E-state index in [1.807, 2.05) is 12.1 Å². The zero-order chi connectivity index (χ0) is 12.6. The van der Waals surface area contributed by atoms with Crippen molar-refractivity contribution in [3.63, 3.8) is 0 Å². The van der Waals surface area contributed by atoms with Gasteiger partial charge < -0.3 is 10.1 Å². The Balaban J connectivity index is 2.00. The molecule has 0 radical (unpaired) electrons. The van der Waals surface area contributed by atoms with Gasteiger partial charge in [-0.05, 0) is 31.0 Å². The normalized spacial score (nSPS) is 25.0. The molecule has 0 bridgehead atoms.